The molecule has 0 atom stereocenters. The van der Waals surface area contributed by atoms with Crippen molar-refractivity contribution in [2.75, 3.05) is 0 Å². The number of aliphatic imine (C=N–C) groups is 1. The van der Waals surface area contributed by atoms with Crippen LogP contribution in [0.4, 0.5) is 5.69 Å². The lowest BCUT2D eigenvalue weighted by Crippen LogP contribution is -2.06. The first-order valence-corrected chi connectivity index (χ1v) is 11.4. The molecule has 0 bridgehead atoms. The molecule has 0 saturated heterocycles. The second-order valence-electron chi connectivity index (χ2n) is 9.69. The van der Waals surface area contributed by atoms with Crippen LogP contribution in [0.5, 0.6) is 0 Å². The van der Waals surface area contributed by atoms with Gasteiger partial charge in [-0.2, -0.15) is 0 Å². The molecule has 1 N–H and O–H groups in total. The molecular formula is C27H37N3. The van der Waals surface area contributed by atoms with Crippen LogP contribution in [0, 0.1) is 5.92 Å². The van der Waals surface area contributed by atoms with Crippen molar-refractivity contribution in [1.82, 2.24) is 9.97 Å². The van der Waals surface area contributed by atoms with Gasteiger partial charge in [0, 0.05) is 18.1 Å². The van der Waals surface area contributed by atoms with Crippen molar-refractivity contribution in [3.05, 3.63) is 58.9 Å². The van der Waals surface area contributed by atoms with E-state index < -0.39 is 0 Å². The molecule has 2 heterocycles. The maximum Gasteiger partial charge on any atom is 0.109 e. The zero-order valence-corrected chi connectivity index (χ0v) is 19.9. The summed E-state index contributed by atoms with van der Waals surface area (Å²) >= 11 is 0. The zero-order valence-electron chi connectivity index (χ0n) is 19.9. The van der Waals surface area contributed by atoms with Crippen LogP contribution in [0.2, 0.25) is 0 Å². The summed E-state index contributed by atoms with van der Waals surface area (Å²) in [5.41, 5.74) is 8.90. The van der Waals surface area contributed by atoms with Crippen LogP contribution in [-0.2, 0) is 6.42 Å². The summed E-state index contributed by atoms with van der Waals surface area (Å²) in [6, 6.07) is 13.2. The van der Waals surface area contributed by atoms with Crippen molar-refractivity contribution in [1.29, 1.82) is 0 Å². The van der Waals surface area contributed by atoms with E-state index in [1.54, 1.807) is 0 Å². The van der Waals surface area contributed by atoms with Gasteiger partial charge in [-0.1, -0.05) is 73.6 Å². The fourth-order valence-corrected chi connectivity index (χ4v) is 3.60. The van der Waals surface area contributed by atoms with Crippen molar-refractivity contribution in [2.45, 2.75) is 79.6 Å². The average molecular weight is 404 g/mol. The molecule has 30 heavy (non-hydrogen) atoms. The largest absolute Gasteiger partial charge is 0.342 e. The van der Waals surface area contributed by atoms with Crippen molar-refractivity contribution in [3.63, 3.8) is 0 Å². The normalized spacial score (nSPS) is 13.3. The van der Waals surface area contributed by atoms with Crippen LogP contribution in [0.1, 0.15) is 95.7 Å². The summed E-state index contributed by atoms with van der Waals surface area (Å²) in [7, 11) is 0. The van der Waals surface area contributed by atoms with E-state index in [1.165, 1.54) is 28.1 Å². The molecule has 2 aromatic carbocycles. The van der Waals surface area contributed by atoms with Crippen LogP contribution in [0.15, 0.2) is 41.4 Å². The minimum atomic E-state index is 0.458. The highest BCUT2D eigenvalue weighted by atomic mass is 14.9. The summed E-state index contributed by atoms with van der Waals surface area (Å²) in [5.74, 6) is 3.26. The maximum absolute atomic E-state index is 4.71. The van der Waals surface area contributed by atoms with Crippen molar-refractivity contribution >= 4 is 22.4 Å². The number of fused-ring (bicyclic) bond motifs is 2. The quantitative estimate of drug-likeness (QED) is 0.472. The minimum Gasteiger partial charge on any atom is -0.342 e. The van der Waals surface area contributed by atoms with Crippen LogP contribution in [0.25, 0.3) is 11.0 Å². The fourth-order valence-electron chi connectivity index (χ4n) is 3.60. The molecule has 1 aliphatic rings. The Bertz CT molecular complexity index is 1030. The van der Waals surface area contributed by atoms with Crippen molar-refractivity contribution in [3.8, 4) is 0 Å². The first-order valence-electron chi connectivity index (χ1n) is 11.4. The molecule has 3 nitrogen and oxygen atoms in total. The van der Waals surface area contributed by atoms with Gasteiger partial charge in [-0.3, -0.25) is 4.99 Å². The highest BCUT2D eigenvalue weighted by Gasteiger charge is 2.17. The van der Waals surface area contributed by atoms with E-state index in [0.29, 0.717) is 23.7 Å². The molecule has 160 valence electrons. The fraction of sp³-hybridized carbons (Fsp3) is 0.481. The minimum absolute atomic E-state index is 0.458. The number of benzene rings is 2. The smallest absolute Gasteiger partial charge is 0.109 e. The third kappa shape index (κ3) is 5.00. The zero-order chi connectivity index (χ0) is 22.0. The molecule has 0 radical (unpaired) electrons. The van der Waals surface area contributed by atoms with Gasteiger partial charge in [0.15, 0.2) is 0 Å². The Balaban J connectivity index is 0.000000171. The van der Waals surface area contributed by atoms with Gasteiger partial charge < -0.3 is 4.98 Å². The molecule has 0 saturated carbocycles. The SMILES string of the molecule is CC(C)C1=Nc2cc(C(C)C)ccc2C1.CC(C)c1ccc2nc(C(C)C)[nH]c2c1. The Morgan fingerprint density at radius 1 is 0.733 bits per heavy atom. The molecule has 1 aliphatic heterocycles. The van der Waals surface area contributed by atoms with Gasteiger partial charge >= 0.3 is 0 Å². The second kappa shape index (κ2) is 9.16. The van der Waals surface area contributed by atoms with E-state index in [0.717, 1.165) is 23.3 Å². The predicted molar refractivity (Wildman–Crippen MR) is 130 cm³/mol. The number of imidazole rings is 1. The van der Waals surface area contributed by atoms with E-state index in [-0.39, 0.29) is 0 Å². The van der Waals surface area contributed by atoms with E-state index >= 15 is 0 Å². The van der Waals surface area contributed by atoms with E-state index in [4.69, 9.17) is 4.99 Å². The lowest BCUT2D eigenvalue weighted by Gasteiger charge is -2.06. The third-order valence-corrected chi connectivity index (χ3v) is 5.82. The number of hydrogen-bond donors (Lipinski definition) is 1. The van der Waals surface area contributed by atoms with Gasteiger partial charge in [-0.05, 0) is 52.6 Å². The predicted octanol–water partition coefficient (Wildman–Crippen LogP) is 7.90. The highest BCUT2D eigenvalue weighted by molar-refractivity contribution is 5.95. The van der Waals surface area contributed by atoms with Crippen molar-refractivity contribution < 1.29 is 0 Å². The van der Waals surface area contributed by atoms with Gasteiger partial charge in [-0.25, -0.2) is 4.98 Å². The van der Waals surface area contributed by atoms with Crippen molar-refractivity contribution in [2.24, 2.45) is 10.9 Å². The molecule has 0 unspecified atom stereocenters. The number of aromatic amines is 1. The summed E-state index contributed by atoms with van der Waals surface area (Å²) in [4.78, 5) is 12.6. The molecule has 3 heteroatoms. The summed E-state index contributed by atoms with van der Waals surface area (Å²) in [6.07, 6.45) is 1.05. The topological polar surface area (TPSA) is 41.0 Å². The van der Waals surface area contributed by atoms with Gasteiger partial charge in [0.2, 0.25) is 0 Å². The molecule has 4 rings (SSSR count). The van der Waals surface area contributed by atoms with Crippen LogP contribution in [-0.4, -0.2) is 15.7 Å². The van der Waals surface area contributed by atoms with Gasteiger partial charge in [0.25, 0.3) is 0 Å². The number of aromatic nitrogens is 2. The van der Waals surface area contributed by atoms with E-state index in [1.807, 2.05) is 0 Å². The van der Waals surface area contributed by atoms with E-state index in [9.17, 15) is 0 Å². The van der Waals surface area contributed by atoms with Gasteiger partial charge in [0.05, 0.1) is 16.7 Å². The average Bonchev–Trinajstić information content (AvgIpc) is 3.31. The summed E-state index contributed by atoms with van der Waals surface area (Å²) in [6.45, 7) is 17.6. The van der Waals surface area contributed by atoms with Crippen LogP contribution >= 0.6 is 0 Å². The number of H-pyrrole nitrogens is 1. The lowest BCUT2D eigenvalue weighted by atomic mass is 9.98. The Morgan fingerprint density at radius 3 is 1.97 bits per heavy atom. The number of nitrogens with one attached hydrogen (secondary N) is 1. The highest BCUT2D eigenvalue weighted by Crippen LogP contribution is 2.31. The van der Waals surface area contributed by atoms with Crippen LogP contribution < -0.4 is 0 Å². The summed E-state index contributed by atoms with van der Waals surface area (Å²) < 4.78 is 0. The standard InChI is InChI=1S/C14H19N.C13H18N2/c1-9(2)11-5-6-12-8-13(10(3)4)15-14(12)7-11;1-8(2)10-5-6-11-12(7-10)15-13(14-11)9(3)4/h5-7,9-10H,8H2,1-4H3;5-9H,1-4H3,(H,14,15). The second-order valence-corrected chi connectivity index (χ2v) is 9.69. The molecular weight excluding hydrogens is 366 g/mol. The van der Waals surface area contributed by atoms with E-state index in [2.05, 4.69) is 102 Å². The van der Waals surface area contributed by atoms with Gasteiger partial charge in [-0.15, -0.1) is 0 Å². The maximum atomic E-state index is 4.71. The first kappa shape index (κ1) is 22.3. The Hall–Kier alpha value is -2.42. The molecule has 0 spiro atoms. The van der Waals surface area contributed by atoms with Crippen LogP contribution in [0.3, 0.4) is 0 Å². The molecule has 0 amide bonds. The third-order valence-electron chi connectivity index (χ3n) is 5.82. The Morgan fingerprint density at radius 2 is 1.37 bits per heavy atom. The first-order chi connectivity index (χ1) is 14.2. The summed E-state index contributed by atoms with van der Waals surface area (Å²) in [5, 5.41) is 0. The molecule has 0 fully saturated rings. The Labute approximate surface area is 182 Å². The molecule has 0 aliphatic carbocycles. The number of rotatable bonds is 4. The molecule has 3 aromatic rings. The number of hydrogen-bond acceptors (Lipinski definition) is 2. The molecule has 1 aromatic heterocycles. The lowest BCUT2D eigenvalue weighted by molar-refractivity contribution is 0.799. The van der Waals surface area contributed by atoms with Gasteiger partial charge in [0.1, 0.15) is 5.82 Å². The monoisotopic (exact) mass is 403 g/mol. The number of nitrogens with zero attached hydrogens (tertiary/aromatic N) is 2. The Kier molecular flexibility index (Phi) is 6.80.